The van der Waals surface area contributed by atoms with E-state index in [2.05, 4.69) is 45.0 Å². The van der Waals surface area contributed by atoms with E-state index in [0.717, 1.165) is 51.7 Å². The van der Waals surface area contributed by atoms with Gasteiger partial charge >= 0.3 is 6.09 Å². The molecule has 0 aliphatic heterocycles. The molecule has 4 N–H and O–H groups in total. The smallest absolute Gasteiger partial charge is 0.407 e. The maximum absolute atomic E-state index is 12.0. The molecule has 2 heterocycles. The SMILES string of the molecule is C=C(C)C(=O)NCCOC(=O)NCc1ccc(Cn2c(C3CCCC3)nc3c(N)nc4ccccc4c32)cc1. The van der Waals surface area contributed by atoms with Crippen molar-refractivity contribution in [3.63, 3.8) is 0 Å². The van der Waals surface area contributed by atoms with E-state index in [0.29, 0.717) is 30.4 Å². The third kappa shape index (κ3) is 5.87. The minimum absolute atomic E-state index is 0.0840. The van der Waals surface area contributed by atoms with Crippen molar-refractivity contribution in [1.82, 2.24) is 25.2 Å². The summed E-state index contributed by atoms with van der Waals surface area (Å²) in [5, 5.41) is 6.42. The second-order valence-corrected chi connectivity index (χ2v) is 10.1. The first-order valence-electron chi connectivity index (χ1n) is 13.4. The molecule has 1 aliphatic carbocycles. The van der Waals surface area contributed by atoms with E-state index in [9.17, 15) is 9.59 Å². The number of hydrogen-bond donors (Lipinski definition) is 3. The fourth-order valence-corrected chi connectivity index (χ4v) is 5.16. The lowest BCUT2D eigenvalue weighted by atomic mass is 10.1. The van der Waals surface area contributed by atoms with Gasteiger partial charge in [0, 0.05) is 30.0 Å². The van der Waals surface area contributed by atoms with E-state index >= 15 is 0 Å². The number of fused-ring (bicyclic) bond motifs is 3. The fourth-order valence-electron chi connectivity index (χ4n) is 5.16. The number of aromatic nitrogens is 3. The monoisotopic (exact) mass is 526 g/mol. The Balaban J connectivity index is 1.29. The normalized spacial score (nSPS) is 13.6. The molecule has 0 bridgehead atoms. The summed E-state index contributed by atoms with van der Waals surface area (Å²) in [6.45, 7) is 6.51. The van der Waals surface area contributed by atoms with Gasteiger partial charge in [-0.2, -0.15) is 0 Å². The van der Waals surface area contributed by atoms with E-state index in [1.165, 1.54) is 12.8 Å². The molecule has 0 spiro atoms. The molecule has 2 amide bonds. The van der Waals surface area contributed by atoms with Gasteiger partial charge in [-0.1, -0.05) is 61.9 Å². The number of para-hydroxylation sites is 1. The predicted molar refractivity (Wildman–Crippen MR) is 152 cm³/mol. The zero-order chi connectivity index (χ0) is 27.4. The van der Waals surface area contributed by atoms with Crippen molar-refractivity contribution in [2.75, 3.05) is 18.9 Å². The van der Waals surface area contributed by atoms with Crippen LogP contribution >= 0.6 is 0 Å². The molecule has 5 rings (SSSR count). The average Bonchev–Trinajstić information content (AvgIpc) is 3.59. The van der Waals surface area contributed by atoms with Crippen molar-refractivity contribution in [3.8, 4) is 0 Å². The molecule has 202 valence electrons. The Kier molecular flexibility index (Phi) is 7.76. The molecule has 1 aliphatic rings. The van der Waals surface area contributed by atoms with Gasteiger partial charge in [0.25, 0.3) is 0 Å². The standard InChI is InChI=1S/C30H34N6O3/c1-19(2)29(37)32-15-16-39-30(38)33-17-20-11-13-21(14-12-20)18-36-26-23-9-5-6-10-24(23)34-27(31)25(26)35-28(36)22-7-3-4-8-22/h5-6,9-14,22H,1,3-4,7-8,15-18H2,2H3,(H2,31,34)(H,32,37)(H,33,38). The highest BCUT2D eigenvalue weighted by molar-refractivity contribution is 6.06. The Morgan fingerprint density at radius 2 is 1.77 bits per heavy atom. The number of anilines is 1. The van der Waals surface area contributed by atoms with Crippen molar-refractivity contribution >= 4 is 39.8 Å². The van der Waals surface area contributed by atoms with E-state index in [-0.39, 0.29) is 19.1 Å². The molecule has 2 aromatic carbocycles. The zero-order valence-corrected chi connectivity index (χ0v) is 22.2. The molecule has 1 saturated carbocycles. The lowest BCUT2D eigenvalue weighted by Crippen LogP contribution is -2.31. The van der Waals surface area contributed by atoms with Crippen molar-refractivity contribution in [2.24, 2.45) is 0 Å². The number of carbonyl (C=O) groups excluding carboxylic acids is 2. The number of nitrogens with one attached hydrogen (secondary N) is 2. The van der Waals surface area contributed by atoms with Gasteiger partial charge in [0.2, 0.25) is 5.91 Å². The Hall–Kier alpha value is -4.40. The summed E-state index contributed by atoms with van der Waals surface area (Å²) in [5.74, 6) is 1.71. The van der Waals surface area contributed by atoms with Crippen molar-refractivity contribution in [2.45, 2.75) is 51.6 Å². The molecule has 0 atom stereocenters. The van der Waals surface area contributed by atoms with Crippen LogP contribution in [0.5, 0.6) is 0 Å². The molecule has 39 heavy (non-hydrogen) atoms. The fraction of sp³-hybridized carbons (Fsp3) is 0.333. The maximum atomic E-state index is 12.0. The molecule has 9 heteroatoms. The number of nitrogens with two attached hydrogens (primary N) is 1. The van der Waals surface area contributed by atoms with Crippen LogP contribution in [0, 0.1) is 0 Å². The summed E-state index contributed by atoms with van der Waals surface area (Å²) in [6.07, 6.45) is 4.17. The van der Waals surface area contributed by atoms with Gasteiger partial charge < -0.3 is 25.7 Å². The predicted octanol–water partition coefficient (Wildman–Crippen LogP) is 4.79. The molecule has 2 aromatic heterocycles. The number of benzene rings is 2. The first-order chi connectivity index (χ1) is 18.9. The number of rotatable bonds is 9. The van der Waals surface area contributed by atoms with Crippen LogP contribution < -0.4 is 16.4 Å². The number of nitrogen functional groups attached to an aromatic ring is 1. The molecule has 9 nitrogen and oxygen atoms in total. The summed E-state index contributed by atoms with van der Waals surface area (Å²) in [4.78, 5) is 33.1. The lowest BCUT2D eigenvalue weighted by molar-refractivity contribution is -0.117. The van der Waals surface area contributed by atoms with Gasteiger partial charge in [0.15, 0.2) is 5.82 Å². The van der Waals surface area contributed by atoms with Gasteiger partial charge in [-0.25, -0.2) is 14.8 Å². The molecule has 1 fully saturated rings. The molecule has 0 unspecified atom stereocenters. The third-order valence-electron chi connectivity index (χ3n) is 7.17. The molecular formula is C30H34N6O3. The molecule has 0 saturated heterocycles. The van der Waals surface area contributed by atoms with Gasteiger partial charge in [-0.05, 0) is 37.0 Å². The van der Waals surface area contributed by atoms with Crippen LogP contribution in [0.4, 0.5) is 10.6 Å². The second kappa shape index (κ2) is 11.6. The Morgan fingerprint density at radius 3 is 2.51 bits per heavy atom. The summed E-state index contributed by atoms with van der Waals surface area (Å²) in [7, 11) is 0. The Bertz CT molecular complexity index is 1520. The van der Waals surface area contributed by atoms with Crippen LogP contribution in [0.25, 0.3) is 21.9 Å². The highest BCUT2D eigenvalue weighted by Crippen LogP contribution is 2.38. The number of imidazole rings is 1. The van der Waals surface area contributed by atoms with Gasteiger partial charge in [0.05, 0.1) is 17.6 Å². The Morgan fingerprint density at radius 1 is 1.05 bits per heavy atom. The van der Waals surface area contributed by atoms with E-state index in [1.54, 1.807) is 6.92 Å². The van der Waals surface area contributed by atoms with E-state index in [4.69, 9.17) is 15.5 Å². The summed E-state index contributed by atoms with van der Waals surface area (Å²) in [6, 6.07) is 16.2. The molecule has 4 aromatic rings. The van der Waals surface area contributed by atoms with Crippen LogP contribution in [0.15, 0.2) is 60.7 Å². The largest absolute Gasteiger partial charge is 0.448 e. The van der Waals surface area contributed by atoms with Crippen LogP contribution in [-0.4, -0.2) is 39.7 Å². The second-order valence-electron chi connectivity index (χ2n) is 10.1. The summed E-state index contributed by atoms with van der Waals surface area (Å²) < 4.78 is 7.44. The summed E-state index contributed by atoms with van der Waals surface area (Å²) >= 11 is 0. The number of carbonyl (C=O) groups is 2. The topological polar surface area (TPSA) is 124 Å². The maximum Gasteiger partial charge on any atom is 0.407 e. The minimum atomic E-state index is -0.534. The van der Waals surface area contributed by atoms with Gasteiger partial charge in [-0.3, -0.25) is 4.79 Å². The van der Waals surface area contributed by atoms with Gasteiger partial charge in [0.1, 0.15) is 17.9 Å². The Labute approximate surface area is 227 Å². The van der Waals surface area contributed by atoms with E-state index in [1.807, 2.05) is 30.3 Å². The zero-order valence-electron chi connectivity index (χ0n) is 22.2. The quantitative estimate of drug-likeness (QED) is 0.213. The number of pyridine rings is 1. The highest BCUT2D eigenvalue weighted by Gasteiger charge is 2.26. The van der Waals surface area contributed by atoms with Crippen molar-refractivity contribution in [3.05, 3.63) is 77.6 Å². The van der Waals surface area contributed by atoms with Crippen LogP contribution in [0.2, 0.25) is 0 Å². The lowest BCUT2D eigenvalue weighted by Gasteiger charge is -2.15. The third-order valence-corrected chi connectivity index (χ3v) is 7.17. The number of nitrogens with zero attached hydrogens (tertiary/aromatic N) is 3. The first kappa shape index (κ1) is 26.2. The highest BCUT2D eigenvalue weighted by atomic mass is 16.5. The minimum Gasteiger partial charge on any atom is -0.448 e. The van der Waals surface area contributed by atoms with Crippen molar-refractivity contribution in [1.29, 1.82) is 0 Å². The van der Waals surface area contributed by atoms with Crippen LogP contribution in [0.3, 0.4) is 0 Å². The number of amides is 2. The van der Waals surface area contributed by atoms with Crippen LogP contribution in [0.1, 0.15) is 55.5 Å². The molecule has 0 radical (unpaired) electrons. The van der Waals surface area contributed by atoms with Gasteiger partial charge in [-0.15, -0.1) is 0 Å². The first-order valence-corrected chi connectivity index (χ1v) is 13.4. The number of hydrogen-bond acceptors (Lipinski definition) is 6. The average molecular weight is 527 g/mol. The summed E-state index contributed by atoms with van der Waals surface area (Å²) in [5.41, 5.74) is 11.6. The van der Waals surface area contributed by atoms with Crippen LogP contribution in [-0.2, 0) is 22.6 Å². The number of alkyl carbamates (subject to hydrolysis) is 1. The number of ether oxygens (including phenoxy) is 1. The molecular weight excluding hydrogens is 492 g/mol. The van der Waals surface area contributed by atoms with E-state index < -0.39 is 6.09 Å². The van der Waals surface area contributed by atoms with Crippen molar-refractivity contribution < 1.29 is 14.3 Å².